The van der Waals surface area contributed by atoms with Crippen molar-refractivity contribution >= 4 is 22.1 Å². The van der Waals surface area contributed by atoms with Crippen molar-refractivity contribution < 1.29 is 10.2 Å². The number of aromatic amines is 1. The molecule has 0 amide bonds. The number of imidazole rings is 1. The van der Waals surface area contributed by atoms with Gasteiger partial charge in [0, 0.05) is 17.6 Å². The van der Waals surface area contributed by atoms with Gasteiger partial charge in [0.25, 0.3) is 0 Å². The third-order valence-corrected chi connectivity index (χ3v) is 5.29. The normalized spacial score (nSPS) is 25.3. The number of pyridine rings is 1. The minimum atomic E-state index is -0.891. The minimum Gasteiger partial charge on any atom is -0.389 e. The summed E-state index contributed by atoms with van der Waals surface area (Å²) in [6, 6.07) is 4.20. The molecule has 130 valence electrons. The van der Waals surface area contributed by atoms with Gasteiger partial charge < -0.3 is 19.8 Å². The molecule has 3 heterocycles. The molecule has 7 nitrogen and oxygen atoms in total. The molecule has 0 radical (unpaired) electrons. The zero-order chi connectivity index (χ0) is 17.6. The number of hydrogen-bond acceptors (Lipinski definition) is 5. The summed E-state index contributed by atoms with van der Waals surface area (Å²) in [7, 11) is 0. The molecule has 3 aromatic rings. The Morgan fingerprint density at radius 3 is 2.92 bits per heavy atom. The van der Waals surface area contributed by atoms with Crippen LogP contribution in [0.4, 0.5) is 0 Å². The molecular formula is C18H21N5O2. The van der Waals surface area contributed by atoms with Crippen molar-refractivity contribution in [3.8, 4) is 6.07 Å². The summed E-state index contributed by atoms with van der Waals surface area (Å²) in [6.07, 6.45) is 5.70. The summed E-state index contributed by atoms with van der Waals surface area (Å²) in [5.41, 5.74) is 1.64. The first kappa shape index (κ1) is 16.1. The lowest BCUT2D eigenvalue weighted by Gasteiger charge is -2.36. The summed E-state index contributed by atoms with van der Waals surface area (Å²) in [5.74, 6) is 0.626. The Labute approximate surface area is 144 Å². The lowest BCUT2D eigenvalue weighted by atomic mass is 9.80. The van der Waals surface area contributed by atoms with Gasteiger partial charge in [0.2, 0.25) is 0 Å². The zero-order valence-electron chi connectivity index (χ0n) is 14.1. The fraction of sp³-hybridized carbons (Fsp3) is 0.500. The molecule has 1 aliphatic carbocycles. The van der Waals surface area contributed by atoms with Crippen LogP contribution < -0.4 is 0 Å². The van der Waals surface area contributed by atoms with Crippen LogP contribution in [0, 0.1) is 11.3 Å². The SMILES string of the molecule is C[C@@H](O)c1nc2cnc3[nH]ccc3c2n1C1CCC(O)(CC#N)CC1. The number of aliphatic hydroxyl groups excluding tert-OH is 1. The lowest BCUT2D eigenvalue weighted by molar-refractivity contribution is -0.00364. The quantitative estimate of drug-likeness (QED) is 0.679. The van der Waals surface area contributed by atoms with Crippen molar-refractivity contribution in [2.45, 2.75) is 56.8 Å². The second kappa shape index (κ2) is 5.83. The fourth-order valence-corrected chi connectivity index (χ4v) is 4.00. The van der Waals surface area contributed by atoms with Crippen molar-refractivity contribution in [2.75, 3.05) is 0 Å². The molecule has 7 heteroatoms. The molecule has 0 spiro atoms. The highest BCUT2D eigenvalue weighted by molar-refractivity contribution is 6.01. The van der Waals surface area contributed by atoms with Crippen molar-refractivity contribution in [1.82, 2.24) is 19.5 Å². The van der Waals surface area contributed by atoms with Gasteiger partial charge in [-0.25, -0.2) is 9.97 Å². The van der Waals surface area contributed by atoms with Crippen molar-refractivity contribution in [1.29, 1.82) is 5.26 Å². The Morgan fingerprint density at radius 1 is 1.48 bits per heavy atom. The molecule has 0 unspecified atom stereocenters. The van der Waals surface area contributed by atoms with E-state index >= 15 is 0 Å². The second-order valence-corrected chi connectivity index (χ2v) is 7.04. The van der Waals surface area contributed by atoms with Crippen LogP contribution in [0.15, 0.2) is 18.5 Å². The molecule has 3 aromatic heterocycles. The van der Waals surface area contributed by atoms with Crippen LogP contribution in [0.25, 0.3) is 22.1 Å². The van der Waals surface area contributed by atoms with Gasteiger partial charge in [-0.1, -0.05) is 0 Å². The number of aliphatic hydroxyl groups is 2. The first-order valence-corrected chi connectivity index (χ1v) is 8.64. The zero-order valence-corrected chi connectivity index (χ0v) is 14.1. The van der Waals surface area contributed by atoms with E-state index in [1.807, 2.05) is 12.3 Å². The van der Waals surface area contributed by atoms with E-state index in [0.29, 0.717) is 18.7 Å². The van der Waals surface area contributed by atoms with Gasteiger partial charge in [0.05, 0.1) is 29.8 Å². The maximum absolute atomic E-state index is 10.5. The topological polar surface area (TPSA) is 111 Å². The number of nitriles is 1. The Balaban J connectivity index is 1.82. The number of hydrogen-bond donors (Lipinski definition) is 3. The molecule has 3 N–H and O–H groups in total. The standard InChI is InChI=1S/C18H21N5O2/c1-11(24)17-22-14-10-21-16-13(4-9-20-16)15(14)23(17)12-2-5-18(25,6-3-12)7-8-19/h4,9-12,24-25H,2-3,5-7H2,1H3,(H,20,21)/t11-,12?,18?/m1/s1. The van der Waals surface area contributed by atoms with Crippen LogP contribution in [0.2, 0.25) is 0 Å². The predicted octanol–water partition coefficient (Wildman–Crippen LogP) is 2.73. The van der Waals surface area contributed by atoms with E-state index in [4.69, 9.17) is 5.26 Å². The monoisotopic (exact) mass is 339 g/mol. The van der Waals surface area contributed by atoms with Gasteiger partial charge in [0.1, 0.15) is 23.1 Å². The summed E-state index contributed by atoms with van der Waals surface area (Å²) >= 11 is 0. The highest BCUT2D eigenvalue weighted by atomic mass is 16.3. The molecule has 0 aliphatic heterocycles. The van der Waals surface area contributed by atoms with E-state index in [2.05, 4.69) is 25.6 Å². The Kier molecular flexibility index (Phi) is 3.74. The molecule has 0 saturated heterocycles. The first-order chi connectivity index (χ1) is 12.0. The third-order valence-electron chi connectivity index (χ3n) is 5.29. The van der Waals surface area contributed by atoms with Gasteiger partial charge in [-0.2, -0.15) is 5.26 Å². The largest absolute Gasteiger partial charge is 0.389 e. The lowest BCUT2D eigenvalue weighted by Crippen LogP contribution is -2.34. The summed E-state index contributed by atoms with van der Waals surface area (Å²) in [4.78, 5) is 12.1. The van der Waals surface area contributed by atoms with E-state index in [9.17, 15) is 10.2 Å². The Bertz CT molecular complexity index is 957. The summed E-state index contributed by atoms with van der Waals surface area (Å²) < 4.78 is 2.11. The van der Waals surface area contributed by atoms with E-state index in [0.717, 1.165) is 34.9 Å². The smallest absolute Gasteiger partial charge is 0.139 e. The molecule has 1 fully saturated rings. The van der Waals surface area contributed by atoms with E-state index in [-0.39, 0.29) is 12.5 Å². The Hall–Kier alpha value is -2.43. The Morgan fingerprint density at radius 2 is 2.24 bits per heavy atom. The van der Waals surface area contributed by atoms with Crippen molar-refractivity contribution in [3.05, 3.63) is 24.3 Å². The predicted molar refractivity (Wildman–Crippen MR) is 92.7 cm³/mol. The van der Waals surface area contributed by atoms with E-state index < -0.39 is 11.7 Å². The highest BCUT2D eigenvalue weighted by Gasteiger charge is 2.35. The van der Waals surface area contributed by atoms with Crippen LogP contribution in [-0.2, 0) is 0 Å². The van der Waals surface area contributed by atoms with Crippen LogP contribution in [0.1, 0.15) is 57.0 Å². The molecular weight excluding hydrogens is 318 g/mol. The number of rotatable bonds is 3. The summed E-state index contributed by atoms with van der Waals surface area (Å²) in [5, 5.41) is 30.6. The van der Waals surface area contributed by atoms with Gasteiger partial charge in [-0.05, 0) is 38.7 Å². The average Bonchev–Trinajstić information content (AvgIpc) is 3.19. The van der Waals surface area contributed by atoms with Gasteiger partial charge >= 0.3 is 0 Å². The molecule has 1 aliphatic rings. The maximum Gasteiger partial charge on any atom is 0.139 e. The van der Waals surface area contributed by atoms with Gasteiger partial charge in [-0.15, -0.1) is 0 Å². The first-order valence-electron chi connectivity index (χ1n) is 8.64. The number of fused-ring (bicyclic) bond motifs is 3. The minimum absolute atomic E-state index is 0.133. The van der Waals surface area contributed by atoms with Gasteiger partial charge in [0.15, 0.2) is 0 Å². The van der Waals surface area contributed by atoms with Crippen LogP contribution >= 0.6 is 0 Å². The second-order valence-electron chi connectivity index (χ2n) is 7.04. The number of nitrogens with zero attached hydrogens (tertiary/aromatic N) is 4. The van der Waals surface area contributed by atoms with Crippen molar-refractivity contribution in [2.24, 2.45) is 0 Å². The maximum atomic E-state index is 10.5. The van der Waals surface area contributed by atoms with Crippen molar-refractivity contribution in [3.63, 3.8) is 0 Å². The average molecular weight is 339 g/mol. The van der Waals surface area contributed by atoms with Crippen LogP contribution in [0.3, 0.4) is 0 Å². The third kappa shape index (κ3) is 2.58. The molecule has 0 aromatic carbocycles. The molecule has 0 bridgehead atoms. The molecule has 25 heavy (non-hydrogen) atoms. The molecule has 4 rings (SSSR count). The fourth-order valence-electron chi connectivity index (χ4n) is 4.00. The molecule has 1 atom stereocenters. The molecule has 1 saturated carbocycles. The summed E-state index contributed by atoms with van der Waals surface area (Å²) in [6.45, 7) is 1.72. The van der Waals surface area contributed by atoms with Crippen LogP contribution in [0.5, 0.6) is 0 Å². The van der Waals surface area contributed by atoms with Crippen LogP contribution in [-0.4, -0.2) is 35.3 Å². The number of aromatic nitrogens is 4. The van der Waals surface area contributed by atoms with E-state index in [1.165, 1.54) is 0 Å². The van der Waals surface area contributed by atoms with E-state index in [1.54, 1.807) is 13.1 Å². The highest BCUT2D eigenvalue weighted by Crippen LogP contribution is 2.40. The van der Waals surface area contributed by atoms with Gasteiger partial charge in [-0.3, -0.25) is 0 Å². The number of nitrogens with one attached hydrogen (secondary N) is 1. The number of H-pyrrole nitrogens is 1.